The van der Waals surface area contributed by atoms with Crippen LogP contribution in [0, 0.1) is 5.82 Å². The van der Waals surface area contributed by atoms with Gasteiger partial charge in [0.15, 0.2) is 11.6 Å². The molecule has 1 heterocycles. The Labute approximate surface area is 90.5 Å². The summed E-state index contributed by atoms with van der Waals surface area (Å²) in [5.74, 6) is -0.139. The van der Waals surface area contributed by atoms with Crippen LogP contribution in [0.4, 0.5) is 4.39 Å². The van der Waals surface area contributed by atoms with Crippen LogP contribution in [0.25, 0.3) is 0 Å². The summed E-state index contributed by atoms with van der Waals surface area (Å²) in [6.07, 6.45) is 1.44. The lowest BCUT2D eigenvalue weighted by molar-refractivity contribution is 0.426. The predicted octanol–water partition coefficient (Wildman–Crippen LogP) is 3.06. The van der Waals surface area contributed by atoms with E-state index in [-0.39, 0.29) is 16.9 Å². The normalized spacial score (nSPS) is 10.0. The minimum absolute atomic E-state index is 0.0591. The molecule has 1 aromatic heterocycles. The Bertz CT molecular complexity index is 478. The lowest BCUT2D eigenvalue weighted by Gasteiger charge is -2.04. The van der Waals surface area contributed by atoms with Gasteiger partial charge in [-0.1, -0.05) is 12.1 Å². The van der Waals surface area contributed by atoms with Crippen molar-refractivity contribution < 1.29 is 9.13 Å². The Morgan fingerprint density at radius 1 is 1.20 bits per heavy atom. The molecule has 0 atom stereocenters. The highest BCUT2D eigenvalue weighted by Crippen LogP contribution is 2.22. The highest BCUT2D eigenvalue weighted by atomic mass is 35.5. The molecule has 0 saturated carbocycles. The zero-order valence-corrected chi connectivity index (χ0v) is 8.28. The highest BCUT2D eigenvalue weighted by Gasteiger charge is 2.04. The summed E-state index contributed by atoms with van der Waals surface area (Å²) in [4.78, 5) is 7.46. The number of nitrogens with zero attached hydrogens (tertiary/aromatic N) is 2. The first-order valence-electron chi connectivity index (χ1n) is 4.16. The van der Waals surface area contributed by atoms with Crippen molar-refractivity contribution in [3.8, 4) is 11.6 Å². The maximum Gasteiger partial charge on any atom is 0.225 e. The van der Waals surface area contributed by atoms with Crippen molar-refractivity contribution in [2.45, 2.75) is 0 Å². The molecule has 0 aliphatic heterocycles. The molecule has 76 valence electrons. The Morgan fingerprint density at radius 2 is 2.00 bits per heavy atom. The Morgan fingerprint density at radius 3 is 2.73 bits per heavy atom. The number of ether oxygens (including phenoxy) is 1. The monoisotopic (exact) mass is 224 g/mol. The maximum absolute atomic E-state index is 13.2. The van der Waals surface area contributed by atoms with Crippen molar-refractivity contribution in [1.29, 1.82) is 0 Å². The van der Waals surface area contributed by atoms with Crippen LogP contribution in [0.2, 0.25) is 5.28 Å². The molecule has 0 amide bonds. The van der Waals surface area contributed by atoms with Gasteiger partial charge in [-0.15, -0.1) is 0 Å². The predicted molar refractivity (Wildman–Crippen MR) is 53.5 cm³/mol. The van der Waals surface area contributed by atoms with E-state index in [1.807, 2.05) is 0 Å². The lowest BCUT2D eigenvalue weighted by Crippen LogP contribution is -1.91. The molecule has 1 aromatic carbocycles. The molecular weight excluding hydrogens is 219 g/mol. The molecule has 5 heteroatoms. The topological polar surface area (TPSA) is 35.0 Å². The van der Waals surface area contributed by atoms with Crippen molar-refractivity contribution in [3.05, 3.63) is 47.6 Å². The van der Waals surface area contributed by atoms with Gasteiger partial charge in [0.2, 0.25) is 11.2 Å². The molecule has 0 unspecified atom stereocenters. The minimum atomic E-state index is -0.452. The molecular formula is C10H6ClFN2O. The molecule has 0 spiro atoms. The van der Waals surface area contributed by atoms with Crippen LogP contribution in [0.1, 0.15) is 0 Å². The van der Waals surface area contributed by atoms with Gasteiger partial charge in [0.1, 0.15) is 0 Å². The van der Waals surface area contributed by atoms with Crippen molar-refractivity contribution in [2.75, 3.05) is 0 Å². The zero-order chi connectivity index (χ0) is 10.7. The fraction of sp³-hybridized carbons (Fsp3) is 0. The van der Waals surface area contributed by atoms with Gasteiger partial charge in [-0.2, -0.15) is 4.98 Å². The van der Waals surface area contributed by atoms with E-state index in [1.165, 1.54) is 24.4 Å². The van der Waals surface area contributed by atoms with Gasteiger partial charge in [0, 0.05) is 12.3 Å². The second kappa shape index (κ2) is 4.23. The van der Waals surface area contributed by atoms with Crippen LogP contribution in [-0.4, -0.2) is 9.97 Å². The summed E-state index contributed by atoms with van der Waals surface area (Å²) < 4.78 is 18.4. The van der Waals surface area contributed by atoms with E-state index in [0.717, 1.165) is 0 Å². The van der Waals surface area contributed by atoms with Gasteiger partial charge in [-0.05, 0) is 23.7 Å². The number of benzene rings is 1. The molecule has 0 fully saturated rings. The quantitative estimate of drug-likeness (QED) is 0.736. The van der Waals surface area contributed by atoms with Crippen LogP contribution in [0.3, 0.4) is 0 Å². The summed E-state index contributed by atoms with van der Waals surface area (Å²) in [6.45, 7) is 0. The molecule has 0 radical (unpaired) electrons. The van der Waals surface area contributed by atoms with Crippen molar-refractivity contribution >= 4 is 11.6 Å². The van der Waals surface area contributed by atoms with E-state index in [4.69, 9.17) is 16.3 Å². The Kier molecular flexibility index (Phi) is 2.78. The van der Waals surface area contributed by atoms with E-state index in [0.29, 0.717) is 0 Å². The fourth-order valence-corrected chi connectivity index (χ4v) is 1.16. The van der Waals surface area contributed by atoms with Gasteiger partial charge >= 0.3 is 0 Å². The van der Waals surface area contributed by atoms with E-state index in [2.05, 4.69) is 9.97 Å². The van der Waals surface area contributed by atoms with Crippen molar-refractivity contribution in [2.24, 2.45) is 0 Å². The third-order valence-corrected chi connectivity index (χ3v) is 1.83. The van der Waals surface area contributed by atoms with Crippen LogP contribution < -0.4 is 4.74 Å². The van der Waals surface area contributed by atoms with Crippen molar-refractivity contribution in [1.82, 2.24) is 9.97 Å². The summed E-state index contributed by atoms with van der Waals surface area (Å²) in [5.41, 5.74) is 0. The number of aromatic nitrogens is 2. The van der Waals surface area contributed by atoms with Crippen LogP contribution in [0.15, 0.2) is 36.5 Å². The zero-order valence-electron chi connectivity index (χ0n) is 7.52. The van der Waals surface area contributed by atoms with E-state index in [9.17, 15) is 4.39 Å². The smallest absolute Gasteiger partial charge is 0.225 e. The molecule has 2 rings (SSSR count). The SMILES string of the molecule is Fc1ccccc1Oc1ccnc(Cl)n1. The Hall–Kier alpha value is -1.68. The molecule has 0 N–H and O–H groups in total. The summed E-state index contributed by atoms with van der Waals surface area (Å²) in [5, 5.41) is 0.0591. The van der Waals surface area contributed by atoms with Gasteiger partial charge in [-0.25, -0.2) is 9.37 Å². The first kappa shape index (κ1) is 9.86. The second-order valence-electron chi connectivity index (χ2n) is 2.70. The third kappa shape index (κ3) is 2.41. The van der Waals surface area contributed by atoms with Gasteiger partial charge < -0.3 is 4.74 Å². The molecule has 2 aromatic rings. The van der Waals surface area contributed by atoms with Crippen LogP contribution in [-0.2, 0) is 0 Å². The molecule has 15 heavy (non-hydrogen) atoms. The van der Waals surface area contributed by atoms with Gasteiger partial charge in [0.05, 0.1) is 0 Å². The average molecular weight is 225 g/mol. The summed E-state index contributed by atoms with van der Waals surface area (Å²) in [6, 6.07) is 7.55. The molecule has 0 aliphatic rings. The third-order valence-electron chi connectivity index (χ3n) is 1.65. The highest BCUT2D eigenvalue weighted by molar-refractivity contribution is 6.28. The average Bonchev–Trinajstić information content (AvgIpc) is 2.22. The van der Waals surface area contributed by atoms with Crippen LogP contribution in [0.5, 0.6) is 11.6 Å². The molecule has 3 nitrogen and oxygen atoms in total. The van der Waals surface area contributed by atoms with E-state index < -0.39 is 5.82 Å². The standard InChI is InChI=1S/C10H6ClFN2O/c11-10-13-6-5-9(14-10)15-8-4-2-1-3-7(8)12/h1-6H. The number of halogens is 2. The first-order valence-corrected chi connectivity index (χ1v) is 4.54. The molecule has 0 aliphatic carbocycles. The summed E-state index contributed by atoms with van der Waals surface area (Å²) >= 11 is 5.55. The van der Waals surface area contributed by atoms with Gasteiger partial charge in [0.25, 0.3) is 0 Å². The number of hydrogen-bond acceptors (Lipinski definition) is 3. The fourth-order valence-electron chi connectivity index (χ4n) is 1.02. The van der Waals surface area contributed by atoms with Gasteiger partial charge in [-0.3, -0.25) is 0 Å². The van der Waals surface area contributed by atoms with E-state index >= 15 is 0 Å². The van der Waals surface area contributed by atoms with Crippen molar-refractivity contribution in [3.63, 3.8) is 0 Å². The number of hydrogen-bond donors (Lipinski definition) is 0. The molecule has 0 saturated heterocycles. The number of rotatable bonds is 2. The lowest BCUT2D eigenvalue weighted by atomic mass is 10.3. The molecule has 0 bridgehead atoms. The Balaban J connectivity index is 2.26. The largest absolute Gasteiger partial charge is 0.436 e. The second-order valence-corrected chi connectivity index (χ2v) is 3.03. The summed E-state index contributed by atoms with van der Waals surface area (Å²) in [7, 11) is 0. The first-order chi connectivity index (χ1) is 7.25. The van der Waals surface area contributed by atoms with E-state index in [1.54, 1.807) is 12.1 Å². The van der Waals surface area contributed by atoms with Crippen LogP contribution >= 0.6 is 11.6 Å². The number of para-hydroxylation sites is 1. The minimum Gasteiger partial charge on any atom is -0.436 e. The maximum atomic E-state index is 13.2.